The fourth-order valence-electron chi connectivity index (χ4n) is 3.93. The van der Waals surface area contributed by atoms with Crippen LogP contribution in [-0.2, 0) is 16.1 Å². The first-order valence-corrected chi connectivity index (χ1v) is 11.1. The van der Waals surface area contributed by atoms with Crippen LogP contribution >= 0.6 is 0 Å². The van der Waals surface area contributed by atoms with Crippen molar-refractivity contribution in [3.8, 4) is 5.75 Å². The second-order valence-electron chi connectivity index (χ2n) is 8.58. The van der Waals surface area contributed by atoms with Crippen molar-refractivity contribution in [1.82, 2.24) is 15.5 Å². The number of imide groups is 1. The van der Waals surface area contributed by atoms with Gasteiger partial charge in [0.1, 0.15) is 11.8 Å². The average Bonchev–Trinajstić information content (AvgIpc) is 3.02. The number of ether oxygens (including phenoxy) is 1. The summed E-state index contributed by atoms with van der Waals surface area (Å²) in [5, 5.41) is 5.78. The Hall–Kier alpha value is -2.41. The van der Waals surface area contributed by atoms with Crippen LogP contribution in [0.25, 0.3) is 0 Å². The van der Waals surface area contributed by atoms with Crippen molar-refractivity contribution >= 4 is 17.7 Å². The first kappa shape index (κ1) is 22.3. The van der Waals surface area contributed by atoms with Crippen LogP contribution in [0.1, 0.15) is 68.3 Å². The normalized spacial score (nSPS) is 18.7. The van der Waals surface area contributed by atoms with Gasteiger partial charge in [-0.05, 0) is 62.0 Å². The maximum atomic E-state index is 12.7. The zero-order valence-corrected chi connectivity index (χ0v) is 18.0. The molecule has 7 nitrogen and oxygen atoms in total. The molecule has 1 aromatic carbocycles. The second-order valence-corrected chi connectivity index (χ2v) is 8.58. The van der Waals surface area contributed by atoms with E-state index < -0.39 is 6.04 Å². The van der Waals surface area contributed by atoms with Crippen molar-refractivity contribution in [1.29, 1.82) is 0 Å². The van der Waals surface area contributed by atoms with Gasteiger partial charge in [0.25, 0.3) is 5.91 Å². The topological polar surface area (TPSA) is 87.7 Å². The van der Waals surface area contributed by atoms with Gasteiger partial charge in [-0.3, -0.25) is 19.7 Å². The van der Waals surface area contributed by atoms with Crippen molar-refractivity contribution in [2.45, 2.75) is 65.0 Å². The van der Waals surface area contributed by atoms with Gasteiger partial charge in [-0.15, -0.1) is 0 Å². The third-order valence-corrected chi connectivity index (χ3v) is 5.56. The molecule has 164 valence electrons. The number of piperidine rings is 1. The molecule has 1 aromatic rings. The van der Waals surface area contributed by atoms with E-state index >= 15 is 0 Å². The molecule has 3 amide bonds. The fourth-order valence-corrected chi connectivity index (χ4v) is 3.93. The van der Waals surface area contributed by atoms with E-state index in [2.05, 4.69) is 24.5 Å². The minimum Gasteiger partial charge on any atom is -0.494 e. The lowest BCUT2D eigenvalue weighted by Crippen LogP contribution is -2.52. The number of unbranched alkanes of at least 4 members (excludes halogenated alkanes) is 3. The summed E-state index contributed by atoms with van der Waals surface area (Å²) in [6, 6.07) is 4.91. The van der Waals surface area contributed by atoms with Gasteiger partial charge < -0.3 is 15.0 Å². The van der Waals surface area contributed by atoms with Gasteiger partial charge >= 0.3 is 0 Å². The zero-order valence-electron chi connectivity index (χ0n) is 18.0. The Morgan fingerprint density at radius 2 is 1.97 bits per heavy atom. The molecule has 1 fully saturated rings. The summed E-state index contributed by atoms with van der Waals surface area (Å²) in [6.07, 6.45) is 5.15. The smallest absolute Gasteiger partial charge is 0.255 e. The van der Waals surface area contributed by atoms with E-state index in [1.807, 2.05) is 12.1 Å². The third kappa shape index (κ3) is 5.81. The molecule has 1 unspecified atom stereocenters. The number of rotatable bonds is 11. The van der Waals surface area contributed by atoms with Crippen LogP contribution < -0.4 is 15.4 Å². The number of hydrogen-bond donors (Lipinski definition) is 2. The molecule has 1 saturated heterocycles. The molecule has 2 N–H and O–H groups in total. The molecule has 0 radical (unpaired) electrons. The zero-order chi connectivity index (χ0) is 21.5. The maximum absolute atomic E-state index is 12.7. The largest absolute Gasteiger partial charge is 0.494 e. The Labute approximate surface area is 178 Å². The van der Waals surface area contributed by atoms with Crippen molar-refractivity contribution in [3.63, 3.8) is 0 Å². The average molecular weight is 416 g/mol. The van der Waals surface area contributed by atoms with Crippen LogP contribution in [-0.4, -0.2) is 48.4 Å². The molecule has 0 aromatic heterocycles. The highest BCUT2D eigenvalue weighted by Crippen LogP contribution is 2.30. The van der Waals surface area contributed by atoms with Crippen LogP contribution in [0.15, 0.2) is 18.2 Å². The van der Waals surface area contributed by atoms with Crippen molar-refractivity contribution in [2.75, 3.05) is 19.7 Å². The summed E-state index contributed by atoms with van der Waals surface area (Å²) in [7, 11) is 0. The second kappa shape index (κ2) is 10.6. The standard InChI is InChI=1S/C23H33N3O4/c1-16(2)14-24-11-5-3-4-6-12-30-18-7-8-19-17(13-18)15-26(23(19)29)20-9-10-21(27)25-22(20)28/h7-8,13,16,20,24H,3-6,9-12,14-15H2,1-2H3,(H,25,27,28). The number of carbonyl (C=O) groups excluding carboxylic acids is 3. The monoisotopic (exact) mass is 415 g/mol. The van der Waals surface area contributed by atoms with Crippen molar-refractivity contribution in [2.24, 2.45) is 5.92 Å². The highest BCUT2D eigenvalue weighted by atomic mass is 16.5. The maximum Gasteiger partial charge on any atom is 0.255 e. The number of fused-ring (bicyclic) bond motifs is 1. The molecule has 0 bridgehead atoms. The van der Waals surface area contributed by atoms with Gasteiger partial charge in [0.05, 0.1) is 6.61 Å². The van der Waals surface area contributed by atoms with Crippen molar-refractivity contribution < 1.29 is 19.1 Å². The molecule has 2 aliphatic rings. The van der Waals surface area contributed by atoms with E-state index in [-0.39, 0.29) is 24.1 Å². The Morgan fingerprint density at radius 1 is 1.17 bits per heavy atom. The molecule has 3 rings (SSSR count). The molecule has 30 heavy (non-hydrogen) atoms. The SMILES string of the molecule is CC(C)CNCCCCCCOc1ccc2c(c1)CN(C1CCC(=O)NC1=O)C2=O. The lowest BCUT2D eigenvalue weighted by molar-refractivity contribution is -0.136. The van der Waals surface area contributed by atoms with Crippen LogP contribution in [0.4, 0.5) is 0 Å². The molecule has 2 aliphatic heterocycles. The predicted octanol–water partition coefficient (Wildman–Crippen LogP) is 2.63. The number of nitrogens with one attached hydrogen (secondary N) is 2. The number of carbonyl (C=O) groups is 3. The van der Waals surface area contributed by atoms with E-state index in [0.717, 1.165) is 37.2 Å². The quantitative estimate of drug-likeness (QED) is 0.429. The summed E-state index contributed by atoms with van der Waals surface area (Å²) >= 11 is 0. The van der Waals surface area contributed by atoms with Crippen LogP contribution in [0.3, 0.4) is 0 Å². The summed E-state index contributed by atoms with van der Waals surface area (Å²) in [4.78, 5) is 37.7. The molecule has 0 spiro atoms. The van der Waals surface area contributed by atoms with E-state index in [4.69, 9.17) is 4.74 Å². The Bertz CT molecular complexity index is 778. The van der Waals surface area contributed by atoms with Gasteiger partial charge in [0.2, 0.25) is 11.8 Å². The van der Waals surface area contributed by atoms with Gasteiger partial charge in [-0.1, -0.05) is 26.7 Å². The summed E-state index contributed by atoms with van der Waals surface area (Å²) in [6.45, 7) is 7.60. The minimum atomic E-state index is -0.581. The van der Waals surface area contributed by atoms with Gasteiger partial charge in [0.15, 0.2) is 0 Å². The predicted molar refractivity (Wildman–Crippen MR) is 114 cm³/mol. The molecule has 2 heterocycles. The van der Waals surface area contributed by atoms with E-state index in [1.165, 1.54) is 12.8 Å². The van der Waals surface area contributed by atoms with Crippen LogP contribution in [0.2, 0.25) is 0 Å². The summed E-state index contributed by atoms with van der Waals surface area (Å²) in [5.41, 5.74) is 1.49. The first-order chi connectivity index (χ1) is 14.5. The first-order valence-electron chi connectivity index (χ1n) is 11.1. The number of nitrogens with zero attached hydrogens (tertiary/aromatic N) is 1. The van der Waals surface area contributed by atoms with Crippen LogP contribution in [0, 0.1) is 5.92 Å². The minimum absolute atomic E-state index is 0.155. The molecular weight excluding hydrogens is 382 g/mol. The Morgan fingerprint density at radius 3 is 2.73 bits per heavy atom. The highest BCUT2D eigenvalue weighted by Gasteiger charge is 2.39. The van der Waals surface area contributed by atoms with Gasteiger partial charge in [-0.25, -0.2) is 0 Å². The molecule has 0 aliphatic carbocycles. The Balaban J connectivity index is 1.41. The number of benzene rings is 1. The summed E-state index contributed by atoms with van der Waals surface area (Å²) < 4.78 is 5.87. The molecule has 1 atom stereocenters. The van der Waals surface area contributed by atoms with Gasteiger partial charge in [-0.2, -0.15) is 0 Å². The van der Waals surface area contributed by atoms with E-state index in [1.54, 1.807) is 11.0 Å². The van der Waals surface area contributed by atoms with E-state index in [9.17, 15) is 14.4 Å². The fraction of sp³-hybridized carbons (Fsp3) is 0.609. The Kier molecular flexibility index (Phi) is 7.85. The number of hydrogen-bond acceptors (Lipinski definition) is 5. The highest BCUT2D eigenvalue weighted by molar-refractivity contribution is 6.05. The summed E-state index contributed by atoms with van der Waals surface area (Å²) in [5.74, 6) is 0.630. The lowest BCUT2D eigenvalue weighted by atomic mass is 10.0. The van der Waals surface area contributed by atoms with E-state index in [0.29, 0.717) is 31.1 Å². The third-order valence-electron chi connectivity index (χ3n) is 5.56. The van der Waals surface area contributed by atoms with Crippen LogP contribution in [0.5, 0.6) is 5.75 Å². The molecule has 0 saturated carbocycles. The molecule has 7 heteroatoms. The molecular formula is C23H33N3O4. The lowest BCUT2D eigenvalue weighted by Gasteiger charge is -2.29. The van der Waals surface area contributed by atoms with Crippen molar-refractivity contribution in [3.05, 3.63) is 29.3 Å². The number of amides is 3. The van der Waals surface area contributed by atoms with Gasteiger partial charge in [0, 0.05) is 18.5 Å².